The van der Waals surface area contributed by atoms with Gasteiger partial charge in [0.05, 0.1) is 17.4 Å². The third-order valence-corrected chi connectivity index (χ3v) is 2.94. The molecule has 0 saturated carbocycles. The minimum Gasteiger partial charge on any atom is -0.330 e. The second kappa shape index (κ2) is 3.94. The van der Waals surface area contributed by atoms with Crippen molar-refractivity contribution in [3.05, 3.63) is 46.6 Å². The van der Waals surface area contributed by atoms with Crippen LogP contribution >= 0.6 is 23.8 Å². The van der Waals surface area contributed by atoms with E-state index in [0.717, 1.165) is 16.8 Å². The summed E-state index contributed by atoms with van der Waals surface area (Å²) in [5.41, 5.74) is 2.77. The largest absolute Gasteiger partial charge is 0.330 e. The summed E-state index contributed by atoms with van der Waals surface area (Å²) in [4.78, 5) is 7.15. The first kappa shape index (κ1) is 10.4. The van der Waals surface area contributed by atoms with Gasteiger partial charge in [-0.15, -0.1) is 0 Å². The summed E-state index contributed by atoms with van der Waals surface area (Å²) >= 11 is 11.0. The number of aromatic nitrogens is 4. The van der Waals surface area contributed by atoms with Crippen LogP contribution in [0.15, 0.2) is 36.7 Å². The average Bonchev–Trinajstić information content (AvgIpc) is 2.78. The number of hydrogen-bond donors (Lipinski definition) is 1. The molecule has 6 heteroatoms. The van der Waals surface area contributed by atoms with Gasteiger partial charge in [0.1, 0.15) is 5.15 Å². The maximum atomic E-state index is 5.75. The predicted octanol–water partition coefficient (Wildman–Crippen LogP) is 3.11. The van der Waals surface area contributed by atoms with Crippen LogP contribution in [-0.2, 0) is 0 Å². The van der Waals surface area contributed by atoms with Gasteiger partial charge < -0.3 is 4.98 Å². The average molecular weight is 263 g/mol. The van der Waals surface area contributed by atoms with Crippen molar-refractivity contribution < 1.29 is 0 Å². The monoisotopic (exact) mass is 262 g/mol. The highest BCUT2D eigenvalue weighted by Crippen LogP contribution is 2.19. The van der Waals surface area contributed by atoms with E-state index in [1.807, 2.05) is 18.2 Å². The molecule has 0 aromatic carbocycles. The van der Waals surface area contributed by atoms with E-state index in [-0.39, 0.29) is 0 Å². The maximum absolute atomic E-state index is 5.75. The second-order valence-electron chi connectivity index (χ2n) is 3.53. The van der Waals surface area contributed by atoms with E-state index < -0.39 is 0 Å². The zero-order valence-corrected chi connectivity index (χ0v) is 10.2. The summed E-state index contributed by atoms with van der Waals surface area (Å²) in [5.74, 6) is 0. The molecule has 0 radical (unpaired) electrons. The van der Waals surface area contributed by atoms with Crippen molar-refractivity contribution in [3.63, 3.8) is 0 Å². The normalized spacial score (nSPS) is 10.9. The van der Waals surface area contributed by atoms with Gasteiger partial charge >= 0.3 is 0 Å². The zero-order chi connectivity index (χ0) is 11.8. The van der Waals surface area contributed by atoms with Crippen LogP contribution in [0.4, 0.5) is 0 Å². The first-order chi connectivity index (χ1) is 8.24. The number of fused-ring (bicyclic) bond motifs is 1. The molecule has 3 aromatic heterocycles. The van der Waals surface area contributed by atoms with Gasteiger partial charge in [-0.1, -0.05) is 11.6 Å². The third kappa shape index (κ3) is 1.83. The fourth-order valence-corrected chi connectivity index (χ4v) is 2.01. The SMILES string of the molecule is S=c1[nH]c(-c2ccc(Cl)nc2)cc2ccnn12. The first-order valence-electron chi connectivity index (χ1n) is 4.93. The highest BCUT2D eigenvalue weighted by molar-refractivity contribution is 7.71. The molecule has 17 heavy (non-hydrogen) atoms. The Kier molecular flexibility index (Phi) is 2.42. The fourth-order valence-electron chi connectivity index (χ4n) is 1.64. The van der Waals surface area contributed by atoms with Crippen molar-refractivity contribution in [2.45, 2.75) is 0 Å². The van der Waals surface area contributed by atoms with E-state index in [0.29, 0.717) is 9.92 Å². The van der Waals surface area contributed by atoms with Crippen molar-refractivity contribution in [2.24, 2.45) is 0 Å². The lowest BCUT2D eigenvalue weighted by Crippen LogP contribution is -1.94. The van der Waals surface area contributed by atoms with E-state index >= 15 is 0 Å². The minimum absolute atomic E-state index is 0.470. The van der Waals surface area contributed by atoms with Crippen LogP contribution in [0.5, 0.6) is 0 Å². The van der Waals surface area contributed by atoms with Crippen LogP contribution in [-0.4, -0.2) is 19.6 Å². The highest BCUT2D eigenvalue weighted by Gasteiger charge is 2.02. The minimum atomic E-state index is 0.470. The van der Waals surface area contributed by atoms with Crippen LogP contribution in [0, 0.1) is 4.77 Å². The molecule has 0 spiro atoms. The number of rotatable bonds is 1. The number of hydrogen-bond acceptors (Lipinski definition) is 3. The molecule has 0 aliphatic carbocycles. The van der Waals surface area contributed by atoms with Crippen LogP contribution < -0.4 is 0 Å². The molecule has 3 heterocycles. The molecule has 0 aliphatic rings. The number of aromatic amines is 1. The standard InChI is InChI=1S/C11H7ClN4S/c12-10-2-1-7(6-13-10)9-5-8-3-4-14-16(8)11(17)15-9/h1-6H,(H,15,17). The summed E-state index contributed by atoms with van der Waals surface area (Å²) in [6, 6.07) is 7.50. The van der Waals surface area contributed by atoms with Gasteiger partial charge in [-0.25, -0.2) is 9.50 Å². The zero-order valence-electron chi connectivity index (χ0n) is 8.59. The third-order valence-electron chi connectivity index (χ3n) is 2.44. The molecule has 0 aliphatic heterocycles. The van der Waals surface area contributed by atoms with Gasteiger partial charge in [-0.05, 0) is 36.5 Å². The quantitative estimate of drug-likeness (QED) is 0.541. The van der Waals surface area contributed by atoms with E-state index in [9.17, 15) is 0 Å². The maximum Gasteiger partial charge on any atom is 0.199 e. The highest BCUT2D eigenvalue weighted by atomic mass is 35.5. The Hall–Kier alpha value is -1.72. The summed E-state index contributed by atoms with van der Waals surface area (Å²) in [6.45, 7) is 0. The van der Waals surface area contributed by atoms with E-state index in [4.69, 9.17) is 23.8 Å². The van der Waals surface area contributed by atoms with Gasteiger partial charge in [0, 0.05) is 11.8 Å². The summed E-state index contributed by atoms with van der Waals surface area (Å²) < 4.78 is 2.22. The van der Waals surface area contributed by atoms with Gasteiger partial charge in [0.2, 0.25) is 0 Å². The summed E-state index contributed by atoms with van der Waals surface area (Å²) in [5, 5.41) is 4.58. The van der Waals surface area contributed by atoms with Crippen molar-refractivity contribution in [1.29, 1.82) is 0 Å². The van der Waals surface area contributed by atoms with Crippen molar-refractivity contribution in [1.82, 2.24) is 19.6 Å². The van der Waals surface area contributed by atoms with Crippen LogP contribution in [0.3, 0.4) is 0 Å². The molecule has 0 saturated heterocycles. The molecule has 0 bridgehead atoms. The smallest absolute Gasteiger partial charge is 0.199 e. The lowest BCUT2D eigenvalue weighted by Gasteiger charge is -2.03. The van der Waals surface area contributed by atoms with Crippen LogP contribution in [0.25, 0.3) is 16.8 Å². The Morgan fingerprint density at radius 3 is 2.94 bits per heavy atom. The Labute approximate surface area is 107 Å². The Balaban J connectivity index is 2.23. The second-order valence-corrected chi connectivity index (χ2v) is 4.30. The molecule has 3 aromatic rings. The Bertz CT molecular complexity index is 729. The van der Waals surface area contributed by atoms with Gasteiger partial charge in [-0.3, -0.25) is 0 Å². The number of halogens is 1. The Morgan fingerprint density at radius 2 is 2.18 bits per heavy atom. The topological polar surface area (TPSA) is 46.0 Å². The van der Waals surface area contributed by atoms with E-state index in [1.54, 1.807) is 23.0 Å². The summed E-state index contributed by atoms with van der Waals surface area (Å²) in [7, 11) is 0. The lowest BCUT2D eigenvalue weighted by atomic mass is 10.2. The predicted molar refractivity (Wildman–Crippen MR) is 68.6 cm³/mol. The number of nitrogens with one attached hydrogen (secondary N) is 1. The molecule has 0 amide bonds. The Morgan fingerprint density at radius 1 is 1.29 bits per heavy atom. The number of pyridine rings is 1. The van der Waals surface area contributed by atoms with E-state index in [2.05, 4.69) is 15.1 Å². The van der Waals surface area contributed by atoms with Crippen molar-refractivity contribution in [2.75, 3.05) is 0 Å². The molecular weight excluding hydrogens is 256 g/mol. The molecular formula is C11H7ClN4S. The molecule has 84 valence electrons. The van der Waals surface area contributed by atoms with Gasteiger partial charge in [-0.2, -0.15) is 5.10 Å². The molecule has 3 rings (SSSR count). The molecule has 0 fully saturated rings. The number of H-pyrrole nitrogens is 1. The van der Waals surface area contributed by atoms with E-state index in [1.165, 1.54) is 0 Å². The molecule has 4 nitrogen and oxygen atoms in total. The van der Waals surface area contributed by atoms with Gasteiger partial charge in [0.25, 0.3) is 0 Å². The molecule has 1 N–H and O–H groups in total. The van der Waals surface area contributed by atoms with Crippen molar-refractivity contribution in [3.8, 4) is 11.3 Å². The van der Waals surface area contributed by atoms with Crippen molar-refractivity contribution >= 4 is 29.3 Å². The fraction of sp³-hybridized carbons (Fsp3) is 0. The molecule has 0 atom stereocenters. The van der Waals surface area contributed by atoms with Crippen LogP contribution in [0.2, 0.25) is 5.15 Å². The number of nitrogens with zero attached hydrogens (tertiary/aromatic N) is 3. The summed E-state index contributed by atoms with van der Waals surface area (Å²) in [6.07, 6.45) is 3.42. The molecule has 0 unspecified atom stereocenters. The lowest BCUT2D eigenvalue weighted by molar-refractivity contribution is 0.904. The first-order valence-corrected chi connectivity index (χ1v) is 5.72. The van der Waals surface area contributed by atoms with Crippen LogP contribution in [0.1, 0.15) is 0 Å². The van der Waals surface area contributed by atoms with Gasteiger partial charge in [0.15, 0.2) is 4.77 Å².